The van der Waals surface area contributed by atoms with Crippen molar-refractivity contribution in [2.24, 2.45) is 0 Å². The van der Waals surface area contributed by atoms with Gasteiger partial charge in [0.2, 0.25) is 15.9 Å². The number of alkyl halides is 3. The first kappa shape index (κ1) is 20.2. The summed E-state index contributed by atoms with van der Waals surface area (Å²) in [6.07, 6.45) is -3.34. The van der Waals surface area contributed by atoms with Crippen LogP contribution in [-0.4, -0.2) is 53.3 Å². The molecule has 0 radical (unpaired) electrons. The standard InChI is InChI=1S/C14H19F3N4O4S/c1-9(21-8-5-12(18-21)14(15,16)17)13(23)19-26(24,25)11-3-6-20(7-4-11)10(2)22/h5,8-9,11H,3-4,6-7H2,1-2H3,(H,19,23). The van der Waals surface area contributed by atoms with Crippen LogP contribution in [0.5, 0.6) is 0 Å². The van der Waals surface area contributed by atoms with Crippen LogP contribution in [0.3, 0.4) is 0 Å². The number of aromatic nitrogens is 2. The van der Waals surface area contributed by atoms with Crippen molar-refractivity contribution in [3.8, 4) is 0 Å². The zero-order valence-corrected chi connectivity index (χ0v) is 15.0. The Morgan fingerprint density at radius 1 is 1.31 bits per heavy atom. The number of carbonyl (C=O) groups is 2. The average molecular weight is 396 g/mol. The molecule has 2 amide bonds. The van der Waals surface area contributed by atoms with E-state index < -0.39 is 39.1 Å². The van der Waals surface area contributed by atoms with Crippen LogP contribution in [0.4, 0.5) is 13.2 Å². The average Bonchev–Trinajstić information content (AvgIpc) is 3.04. The van der Waals surface area contributed by atoms with Gasteiger partial charge in [0.25, 0.3) is 5.91 Å². The highest BCUT2D eigenvalue weighted by atomic mass is 32.2. The van der Waals surface area contributed by atoms with E-state index in [4.69, 9.17) is 0 Å². The summed E-state index contributed by atoms with van der Waals surface area (Å²) in [7, 11) is -4.01. The molecule has 1 fully saturated rings. The van der Waals surface area contributed by atoms with Gasteiger partial charge in [-0.2, -0.15) is 18.3 Å². The number of carbonyl (C=O) groups excluding carboxylic acids is 2. The van der Waals surface area contributed by atoms with Crippen LogP contribution in [0.15, 0.2) is 12.3 Å². The molecule has 2 rings (SSSR count). The summed E-state index contributed by atoms with van der Waals surface area (Å²) in [6.45, 7) is 3.16. The zero-order chi connectivity index (χ0) is 19.7. The lowest BCUT2D eigenvalue weighted by Crippen LogP contribution is -2.47. The summed E-state index contributed by atoms with van der Waals surface area (Å²) < 4.78 is 65.0. The number of nitrogens with zero attached hydrogens (tertiary/aromatic N) is 3. The third-order valence-corrected chi connectivity index (χ3v) is 6.08. The van der Waals surface area contributed by atoms with Gasteiger partial charge in [0.15, 0.2) is 5.69 Å². The first-order chi connectivity index (χ1) is 11.9. The van der Waals surface area contributed by atoms with Gasteiger partial charge < -0.3 is 4.90 Å². The topological polar surface area (TPSA) is 101 Å². The molecule has 12 heteroatoms. The Morgan fingerprint density at radius 2 is 1.88 bits per heavy atom. The lowest BCUT2D eigenvalue weighted by molar-refractivity contribution is -0.142. The predicted octanol–water partition coefficient (Wildman–Crippen LogP) is 0.920. The Hall–Kier alpha value is -2.11. The van der Waals surface area contributed by atoms with Crippen LogP contribution in [0.2, 0.25) is 0 Å². The lowest BCUT2D eigenvalue weighted by Gasteiger charge is -2.31. The Kier molecular flexibility index (Phi) is 5.64. The highest BCUT2D eigenvalue weighted by Crippen LogP contribution is 2.28. The van der Waals surface area contributed by atoms with Gasteiger partial charge in [0.05, 0.1) is 5.25 Å². The summed E-state index contributed by atoms with van der Waals surface area (Å²) in [6, 6.07) is -0.534. The fourth-order valence-electron chi connectivity index (χ4n) is 2.61. The van der Waals surface area contributed by atoms with Crippen LogP contribution < -0.4 is 4.72 Å². The fourth-order valence-corrected chi connectivity index (χ4v) is 4.06. The molecule has 1 saturated heterocycles. The van der Waals surface area contributed by atoms with Gasteiger partial charge >= 0.3 is 6.18 Å². The molecule has 1 aliphatic heterocycles. The lowest BCUT2D eigenvalue weighted by atomic mass is 10.1. The molecule has 1 unspecified atom stereocenters. The number of sulfonamides is 1. The van der Waals surface area contributed by atoms with Crippen LogP contribution in [-0.2, 0) is 25.8 Å². The summed E-state index contributed by atoms with van der Waals surface area (Å²) in [5, 5.41) is 2.42. The van der Waals surface area contributed by atoms with E-state index in [9.17, 15) is 31.2 Å². The third kappa shape index (κ3) is 4.54. The number of nitrogens with one attached hydrogen (secondary N) is 1. The Morgan fingerprint density at radius 3 is 2.35 bits per heavy atom. The quantitative estimate of drug-likeness (QED) is 0.816. The smallest absolute Gasteiger partial charge is 0.343 e. The van der Waals surface area contributed by atoms with Crippen molar-refractivity contribution in [2.45, 2.75) is 44.2 Å². The van der Waals surface area contributed by atoms with Crippen LogP contribution in [0, 0.1) is 0 Å². The minimum Gasteiger partial charge on any atom is -0.343 e. The molecule has 146 valence electrons. The second-order valence-electron chi connectivity index (χ2n) is 6.07. The fraction of sp³-hybridized carbons (Fsp3) is 0.643. The number of amides is 2. The minimum absolute atomic E-state index is 0.155. The molecule has 0 aliphatic carbocycles. The maximum absolute atomic E-state index is 12.6. The normalized spacial score (nSPS) is 17.8. The van der Waals surface area contributed by atoms with E-state index in [-0.39, 0.29) is 31.8 Å². The molecule has 1 aliphatic rings. The van der Waals surface area contributed by atoms with Crippen molar-refractivity contribution in [1.82, 2.24) is 19.4 Å². The molecular weight excluding hydrogens is 377 g/mol. The van der Waals surface area contributed by atoms with Crippen molar-refractivity contribution in [1.29, 1.82) is 0 Å². The molecule has 0 spiro atoms. The van der Waals surface area contributed by atoms with E-state index in [1.807, 2.05) is 4.72 Å². The summed E-state index contributed by atoms with van der Waals surface area (Å²) in [5.74, 6) is -1.13. The molecule has 1 N–H and O–H groups in total. The number of hydrogen-bond acceptors (Lipinski definition) is 5. The van der Waals surface area contributed by atoms with Crippen molar-refractivity contribution in [3.05, 3.63) is 18.0 Å². The van der Waals surface area contributed by atoms with Crippen molar-refractivity contribution >= 4 is 21.8 Å². The van der Waals surface area contributed by atoms with Crippen molar-refractivity contribution < 1.29 is 31.2 Å². The number of hydrogen-bond donors (Lipinski definition) is 1. The zero-order valence-electron chi connectivity index (χ0n) is 14.2. The largest absolute Gasteiger partial charge is 0.435 e. The van der Waals surface area contributed by atoms with Gasteiger partial charge in [-0.05, 0) is 25.8 Å². The second kappa shape index (κ2) is 7.25. The molecule has 0 saturated carbocycles. The van der Waals surface area contributed by atoms with Crippen molar-refractivity contribution in [3.63, 3.8) is 0 Å². The molecule has 0 bridgehead atoms. The van der Waals surface area contributed by atoms with E-state index in [0.29, 0.717) is 6.07 Å². The molecule has 1 aromatic heterocycles. The van der Waals surface area contributed by atoms with Gasteiger partial charge in [0.1, 0.15) is 6.04 Å². The Bertz CT molecular complexity index is 782. The minimum atomic E-state index is -4.65. The molecule has 1 atom stereocenters. The number of halogens is 3. The van der Waals surface area contributed by atoms with E-state index in [1.54, 1.807) is 0 Å². The molecular formula is C14H19F3N4O4S. The second-order valence-corrected chi connectivity index (χ2v) is 8.03. The first-order valence-electron chi connectivity index (χ1n) is 7.85. The number of rotatable bonds is 4. The predicted molar refractivity (Wildman–Crippen MR) is 84.3 cm³/mol. The van der Waals surface area contributed by atoms with Gasteiger partial charge in [0, 0.05) is 26.2 Å². The third-order valence-electron chi connectivity index (χ3n) is 4.24. The van der Waals surface area contributed by atoms with Crippen LogP contribution in [0.1, 0.15) is 38.4 Å². The summed E-state index contributed by atoms with van der Waals surface area (Å²) in [5.41, 5.74) is -1.17. The number of piperidine rings is 1. The van der Waals surface area contributed by atoms with Gasteiger partial charge in [-0.1, -0.05) is 0 Å². The monoisotopic (exact) mass is 396 g/mol. The molecule has 8 nitrogen and oxygen atoms in total. The molecule has 2 heterocycles. The van der Waals surface area contributed by atoms with Crippen molar-refractivity contribution in [2.75, 3.05) is 13.1 Å². The van der Waals surface area contributed by atoms with Gasteiger partial charge in [-0.3, -0.25) is 19.0 Å². The van der Waals surface area contributed by atoms with Crippen LogP contribution in [0.25, 0.3) is 0 Å². The highest BCUT2D eigenvalue weighted by Gasteiger charge is 2.36. The summed E-state index contributed by atoms with van der Waals surface area (Å²) in [4.78, 5) is 24.9. The van der Waals surface area contributed by atoms with E-state index >= 15 is 0 Å². The molecule has 0 aromatic carbocycles. The van der Waals surface area contributed by atoms with Gasteiger partial charge in [-0.15, -0.1) is 0 Å². The molecule has 1 aromatic rings. The summed E-state index contributed by atoms with van der Waals surface area (Å²) >= 11 is 0. The maximum atomic E-state index is 12.6. The number of likely N-dealkylation sites (tertiary alicyclic amines) is 1. The molecule has 26 heavy (non-hydrogen) atoms. The van der Waals surface area contributed by atoms with E-state index in [1.165, 1.54) is 18.7 Å². The first-order valence-corrected chi connectivity index (χ1v) is 9.40. The van der Waals surface area contributed by atoms with E-state index in [0.717, 1.165) is 10.9 Å². The maximum Gasteiger partial charge on any atom is 0.435 e. The highest BCUT2D eigenvalue weighted by molar-refractivity contribution is 7.90. The van der Waals surface area contributed by atoms with Crippen LogP contribution >= 0.6 is 0 Å². The van der Waals surface area contributed by atoms with Gasteiger partial charge in [-0.25, -0.2) is 8.42 Å². The SMILES string of the molecule is CC(=O)N1CCC(S(=O)(=O)NC(=O)C(C)n2ccc(C(F)(F)F)n2)CC1. The van der Waals surface area contributed by atoms with E-state index in [2.05, 4.69) is 5.10 Å². The Balaban J connectivity index is 2.01. The Labute approximate surface area is 148 Å².